The number of aliphatic hydroxyl groups is 1. The molecule has 0 saturated heterocycles. The second kappa shape index (κ2) is 5.86. The molecule has 7 nitrogen and oxygen atoms in total. The first-order chi connectivity index (χ1) is 9.65. The molecule has 0 fully saturated rings. The largest absolute Gasteiger partial charge is 0.399 e. The maximum absolute atomic E-state index is 12.1. The van der Waals surface area contributed by atoms with Gasteiger partial charge in [0.2, 0.25) is 0 Å². The number of hydrogen-bond donors (Lipinski definition) is 3. The fourth-order valence-electron chi connectivity index (χ4n) is 1.72. The Morgan fingerprint density at radius 3 is 3.00 bits per heavy atom. The third-order valence-corrected chi connectivity index (χ3v) is 2.65. The van der Waals surface area contributed by atoms with Gasteiger partial charge in [-0.25, -0.2) is 4.68 Å². The standard InChI is InChI=1S/C13H13N5O2/c14-7-10-8-16-18(4-5-19)12(10)17-13(20)9-2-1-3-11(15)6-9/h1-3,6,8,19H,4-5,15H2,(H,17,20). The summed E-state index contributed by atoms with van der Waals surface area (Å²) in [4.78, 5) is 12.1. The molecule has 0 spiro atoms. The predicted octanol–water partition coefficient (Wildman–Crippen LogP) is 0.582. The molecule has 4 N–H and O–H groups in total. The van der Waals surface area contributed by atoms with Gasteiger partial charge in [0.05, 0.1) is 19.3 Å². The number of anilines is 2. The molecule has 0 saturated carbocycles. The fourth-order valence-corrected chi connectivity index (χ4v) is 1.72. The van der Waals surface area contributed by atoms with Crippen LogP contribution < -0.4 is 11.1 Å². The lowest BCUT2D eigenvalue weighted by molar-refractivity contribution is 0.102. The summed E-state index contributed by atoms with van der Waals surface area (Å²) >= 11 is 0. The molecular formula is C13H13N5O2. The summed E-state index contributed by atoms with van der Waals surface area (Å²) in [6.45, 7) is 0.0436. The van der Waals surface area contributed by atoms with Crippen molar-refractivity contribution in [3.8, 4) is 6.07 Å². The molecule has 2 rings (SSSR count). The van der Waals surface area contributed by atoms with Gasteiger partial charge in [0.1, 0.15) is 17.5 Å². The smallest absolute Gasteiger partial charge is 0.256 e. The Morgan fingerprint density at radius 2 is 2.35 bits per heavy atom. The van der Waals surface area contributed by atoms with Gasteiger partial charge in [0.15, 0.2) is 0 Å². The molecule has 0 bridgehead atoms. The second-order valence-corrected chi connectivity index (χ2v) is 4.04. The van der Waals surface area contributed by atoms with E-state index in [1.54, 1.807) is 18.2 Å². The Kier molecular flexibility index (Phi) is 3.98. The number of rotatable bonds is 4. The van der Waals surface area contributed by atoms with Gasteiger partial charge in [-0.05, 0) is 18.2 Å². The Morgan fingerprint density at radius 1 is 1.55 bits per heavy atom. The number of nitriles is 1. The molecule has 0 atom stereocenters. The highest BCUT2D eigenvalue weighted by Crippen LogP contribution is 2.16. The highest BCUT2D eigenvalue weighted by Gasteiger charge is 2.14. The number of aliphatic hydroxyl groups excluding tert-OH is 1. The zero-order chi connectivity index (χ0) is 14.5. The minimum Gasteiger partial charge on any atom is -0.399 e. The number of benzene rings is 1. The van der Waals surface area contributed by atoms with E-state index < -0.39 is 5.91 Å². The van der Waals surface area contributed by atoms with Gasteiger partial charge in [-0.3, -0.25) is 4.79 Å². The first-order valence-corrected chi connectivity index (χ1v) is 5.89. The normalized spacial score (nSPS) is 10.0. The monoisotopic (exact) mass is 271 g/mol. The van der Waals surface area contributed by atoms with Gasteiger partial charge >= 0.3 is 0 Å². The first-order valence-electron chi connectivity index (χ1n) is 5.89. The van der Waals surface area contributed by atoms with E-state index in [2.05, 4.69) is 10.4 Å². The number of nitrogens with one attached hydrogen (secondary N) is 1. The van der Waals surface area contributed by atoms with Crippen molar-refractivity contribution < 1.29 is 9.90 Å². The summed E-state index contributed by atoms with van der Waals surface area (Å²) in [7, 11) is 0. The van der Waals surface area contributed by atoms with Gasteiger partial charge in [0, 0.05) is 11.3 Å². The maximum Gasteiger partial charge on any atom is 0.256 e. The topological polar surface area (TPSA) is 117 Å². The number of nitrogen functional groups attached to an aromatic ring is 1. The van der Waals surface area contributed by atoms with E-state index in [9.17, 15) is 4.79 Å². The van der Waals surface area contributed by atoms with Crippen LogP contribution in [0.25, 0.3) is 0 Å². The number of amides is 1. The molecule has 0 aliphatic rings. The zero-order valence-corrected chi connectivity index (χ0v) is 10.6. The second-order valence-electron chi connectivity index (χ2n) is 4.04. The van der Waals surface area contributed by atoms with E-state index in [1.807, 2.05) is 6.07 Å². The van der Waals surface area contributed by atoms with E-state index in [0.29, 0.717) is 11.3 Å². The van der Waals surface area contributed by atoms with Crippen LogP contribution in [-0.4, -0.2) is 27.4 Å². The lowest BCUT2D eigenvalue weighted by atomic mass is 10.2. The van der Waals surface area contributed by atoms with Crippen LogP contribution in [0.2, 0.25) is 0 Å². The van der Waals surface area contributed by atoms with Crippen LogP contribution in [0.5, 0.6) is 0 Å². The highest BCUT2D eigenvalue weighted by molar-refractivity contribution is 6.04. The lowest BCUT2D eigenvalue weighted by Crippen LogP contribution is -2.17. The van der Waals surface area contributed by atoms with Crippen molar-refractivity contribution in [3.63, 3.8) is 0 Å². The fraction of sp³-hybridized carbons (Fsp3) is 0.154. The van der Waals surface area contributed by atoms with E-state index in [1.165, 1.54) is 16.9 Å². The Bertz CT molecular complexity index is 672. The molecular weight excluding hydrogens is 258 g/mol. The lowest BCUT2D eigenvalue weighted by Gasteiger charge is -2.08. The summed E-state index contributed by atoms with van der Waals surface area (Å²) in [5.74, 6) is -0.137. The number of carbonyl (C=O) groups is 1. The molecule has 0 aliphatic carbocycles. The highest BCUT2D eigenvalue weighted by atomic mass is 16.3. The Hall–Kier alpha value is -2.85. The van der Waals surface area contributed by atoms with Crippen LogP contribution in [0, 0.1) is 11.3 Å². The number of aromatic nitrogens is 2. The van der Waals surface area contributed by atoms with Crippen LogP contribution in [0.4, 0.5) is 11.5 Å². The van der Waals surface area contributed by atoms with Gasteiger partial charge in [-0.1, -0.05) is 6.07 Å². The van der Waals surface area contributed by atoms with Crippen molar-refractivity contribution in [1.82, 2.24) is 9.78 Å². The summed E-state index contributed by atoms with van der Waals surface area (Å²) in [6, 6.07) is 8.43. The van der Waals surface area contributed by atoms with Crippen LogP contribution in [-0.2, 0) is 6.54 Å². The molecule has 0 radical (unpaired) electrons. The number of carbonyl (C=O) groups excluding carboxylic acids is 1. The SMILES string of the molecule is N#Cc1cnn(CCO)c1NC(=O)c1cccc(N)c1. The minimum absolute atomic E-state index is 0.145. The molecule has 0 unspecified atom stereocenters. The molecule has 0 aliphatic heterocycles. The van der Waals surface area contributed by atoms with Gasteiger partial charge in [0.25, 0.3) is 5.91 Å². The predicted molar refractivity (Wildman–Crippen MR) is 72.8 cm³/mol. The van der Waals surface area contributed by atoms with Crippen LogP contribution in [0.1, 0.15) is 15.9 Å². The molecule has 2 aromatic rings. The average molecular weight is 271 g/mol. The number of nitrogens with zero attached hydrogens (tertiary/aromatic N) is 3. The molecule has 1 aromatic carbocycles. The van der Waals surface area contributed by atoms with Gasteiger partial charge < -0.3 is 16.2 Å². The molecule has 20 heavy (non-hydrogen) atoms. The van der Waals surface area contributed by atoms with E-state index >= 15 is 0 Å². The first kappa shape index (κ1) is 13.6. The summed E-state index contributed by atoms with van der Waals surface area (Å²) in [5, 5.41) is 24.5. The van der Waals surface area contributed by atoms with Crippen molar-refractivity contribution in [1.29, 1.82) is 5.26 Å². The van der Waals surface area contributed by atoms with Crippen LogP contribution >= 0.6 is 0 Å². The molecule has 1 amide bonds. The quantitative estimate of drug-likeness (QED) is 0.703. The number of hydrogen-bond acceptors (Lipinski definition) is 5. The molecule has 1 heterocycles. The average Bonchev–Trinajstić information content (AvgIpc) is 2.81. The van der Waals surface area contributed by atoms with Crippen LogP contribution in [0.15, 0.2) is 30.5 Å². The van der Waals surface area contributed by atoms with Crippen molar-refractivity contribution in [3.05, 3.63) is 41.6 Å². The van der Waals surface area contributed by atoms with Crippen LogP contribution in [0.3, 0.4) is 0 Å². The molecule has 102 valence electrons. The van der Waals surface area contributed by atoms with Crippen molar-refractivity contribution in [2.24, 2.45) is 0 Å². The summed E-state index contributed by atoms with van der Waals surface area (Å²) in [5.41, 5.74) is 6.71. The summed E-state index contributed by atoms with van der Waals surface area (Å²) in [6.07, 6.45) is 1.34. The van der Waals surface area contributed by atoms with E-state index in [-0.39, 0.29) is 24.5 Å². The van der Waals surface area contributed by atoms with Gasteiger partial charge in [-0.15, -0.1) is 0 Å². The Balaban J connectivity index is 2.27. The molecule has 7 heteroatoms. The third-order valence-electron chi connectivity index (χ3n) is 2.65. The van der Waals surface area contributed by atoms with Crippen molar-refractivity contribution in [2.75, 3.05) is 17.7 Å². The Labute approximate surface area is 115 Å². The number of nitrogens with two attached hydrogens (primary N) is 1. The third kappa shape index (κ3) is 2.76. The zero-order valence-electron chi connectivity index (χ0n) is 10.6. The summed E-state index contributed by atoms with van der Waals surface area (Å²) < 4.78 is 1.36. The van der Waals surface area contributed by atoms with E-state index in [4.69, 9.17) is 16.1 Å². The minimum atomic E-state index is -0.395. The van der Waals surface area contributed by atoms with Crippen molar-refractivity contribution >= 4 is 17.4 Å². The van der Waals surface area contributed by atoms with Crippen molar-refractivity contribution in [2.45, 2.75) is 6.54 Å². The van der Waals surface area contributed by atoms with E-state index in [0.717, 1.165) is 0 Å². The molecule has 1 aromatic heterocycles. The maximum atomic E-state index is 12.1. The van der Waals surface area contributed by atoms with Gasteiger partial charge in [-0.2, -0.15) is 10.4 Å².